The van der Waals surface area contributed by atoms with Crippen molar-refractivity contribution in [3.8, 4) is 6.07 Å². The molecule has 0 saturated carbocycles. The van der Waals surface area contributed by atoms with Crippen LogP contribution in [-0.2, 0) is 20.7 Å². The minimum absolute atomic E-state index is 0.235. The van der Waals surface area contributed by atoms with Crippen LogP contribution in [0.2, 0.25) is 10.0 Å². The van der Waals surface area contributed by atoms with Crippen molar-refractivity contribution in [2.24, 2.45) is 0 Å². The van der Waals surface area contributed by atoms with Gasteiger partial charge in [-0.05, 0) is 42.8 Å². The molecule has 3 amide bonds. The fourth-order valence-corrected chi connectivity index (χ4v) is 7.27. The first-order valence-corrected chi connectivity index (χ1v) is 13.1. The number of rotatable bonds is 5. The SMILES string of the molecule is CCOC(=O)[C@H]1CS[C@]2(CN3C(=O)N(c4cc(Cl)cc(Cl)c4)C(=O)[C@]3(Cc3ccc(C#N)cc3)C2)N1. The van der Waals surface area contributed by atoms with E-state index in [9.17, 15) is 14.4 Å². The highest BCUT2D eigenvalue weighted by Crippen LogP contribution is 2.52. The molecule has 2 aromatic rings. The molecule has 2 aromatic carbocycles. The Kier molecular flexibility index (Phi) is 6.41. The number of fused-ring (bicyclic) bond motifs is 1. The summed E-state index contributed by atoms with van der Waals surface area (Å²) in [4.78, 5) is 42.3. The first-order chi connectivity index (χ1) is 17.2. The first-order valence-electron chi connectivity index (χ1n) is 11.4. The minimum Gasteiger partial charge on any atom is -0.465 e. The van der Waals surface area contributed by atoms with Crippen molar-refractivity contribution in [1.29, 1.82) is 5.26 Å². The Morgan fingerprint density at radius 2 is 1.92 bits per heavy atom. The van der Waals surface area contributed by atoms with E-state index in [2.05, 4.69) is 11.4 Å². The van der Waals surface area contributed by atoms with Gasteiger partial charge in [0.1, 0.15) is 11.6 Å². The quantitative estimate of drug-likeness (QED) is 0.448. The first kappa shape index (κ1) is 24.9. The van der Waals surface area contributed by atoms with Crippen LogP contribution in [0.4, 0.5) is 10.5 Å². The van der Waals surface area contributed by atoms with Crippen LogP contribution in [0.3, 0.4) is 0 Å². The predicted molar refractivity (Wildman–Crippen MR) is 137 cm³/mol. The van der Waals surface area contributed by atoms with Crippen molar-refractivity contribution in [2.75, 3.05) is 23.8 Å². The number of esters is 1. The molecule has 3 fully saturated rings. The smallest absolute Gasteiger partial charge is 0.332 e. The molecule has 0 aromatic heterocycles. The second-order valence-electron chi connectivity index (χ2n) is 9.09. The van der Waals surface area contributed by atoms with Crippen molar-refractivity contribution >= 4 is 58.6 Å². The Morgan fingerprint density at radius 3 is 2.56 bits per heavy atom. The summed E-state index contributed by atoms with van der Waals surface area (Å²) in [6.07, 6.45) is 0.554. The number of carbonyl (C=O) groups excluding carboxylic acids is 3. The molecule has 1 N–H and O–H groups in total. The third kappa shape index (κ3) is 4.12. The summed E-state index contributed by atoms with van der Waals surface area (Å²) < 4.78 is 5.18. The van der Waals surface area contributed by atoms with E-state index in [1.54, 1.807) is 36.1 Å². The van der Waals surface area contributed by atoms with Gasteiger partial charge >= 0.3 is 12.0 Å². The number of benzene rings is 2. The summed E-state index contributed by atoms with van der Waals surface area (Å²) in [7, 11) is 0. The van der Waals surface area contributed by atoms with Crippen molar-refractivity contribution in [3.05, 3.63) is 63.6 Å². The van der Waals surface area contributed by atoms with Gasteiger partial charge in [-0.15, -0.1) is 11.8 Å². The number of hydrogen-bond donors (Lipinski definition) is 1. The average Bonchev–Trinajstić information content (AvgIpc) is 3.45. The van der Waals surface area contributed by atoms with E-state index in [0.29, 0.717) is 33.5 Å². The second kappa shape index (κ2) is 9.27. The van der Waals surface area contributed by atoms with Gasteiger partial charge in [0.25, 0.3) is 5.91 Å². The summed E-state index contributed by atoms with van der Waals surface area (Å²) in [6, 6.07) is 12.7. The van der Waals surface area contributed by atoms with Crippen molar-refractivity contribution < 1.29 is 19.1 Å². The fraction of sp³-hybridized carbons (Fsp3) is 0.360. The number of hydrogen-bond acceptors (Lipinski definition) is 7. The van der Waals surface area contributed by atoms with Gasteiger partial charge < -0.3 is 9.64 Å². The molecule has 186 valence electrons. The topological polar surface area (TPSA) is 103 Å². The average molecular weight is 545 g/mol. The van der Waals surface area contributed by atoms with Crippen molar-refractivity contribution in [3.63, 3.8) is 0 Å². The van der Waals surface area contributed by atoms with E-state index in [4.69, 9.17) is 33.2 Å². The maximum Gasteiger partial charge on any atom is 0.332 e. The summed E-state index contributed by atoms with van der Waals surface area (Å²) in [5.41, 5.74) is 0.434. The molecule has 3 aliphatic rings. The van der Waals surface area contributed by atoms with E-state index in [-0.39, 0.29) is 31.4 Å². The van der Waals surface area contributed by atoms with Crippen LogP contribution in [0.5, 0.6) is 0 Å². The standard InChI is InChI=1S/C25H22Cl2N4O4S/c1-2-35-21(32)20-12-36-25(29-20)13-24(10-15-3-5-16(11-28)6-4-15)22(33)31(23(34)30(24)14-25)19-8-17(26)7-18(27)9-19/h3-9,20,29H,2,10,12-14H2,1H3/t20-,24+,25-/m1/s1. The van der Waals surface area contributed by atoms with Gasteiger partial charge in [0, 0.05) is 28.6 Å². The number of urea groups is 1. The number of amides is 3. The Morgan fingerprint density at radius 1 is 1.22 bits per heavy atom. The van der Waals surface area contributed by atoms with Crippen LogP contribution < -0.4 is 10.2 Å². The molecule has 8 nitrogen and oxygen atoms in total. The van der Waals surface area contributed by atoms with Crippen molar-refractivity contribution in [1.82, 2.24) is 10.2 Å². The number of anilines is 1. The molecule has 3 atom stereocenters. The highest BCUT2D eigenvalue weighted by atomic mass is 35.5. The minimum atomic E-state index is -1.19. The number of imide groups is 1. The van der Waals surface area contributed by atoms with Gasteiger partial charge in [-0.1, -0.05) is 35.3 Å². The number of nitriles is 1. The van der Waals surface area contributed by atoms with Crippen LogP contribution in [0, 0.1) is 11.3 Å². The zero-order chi connectivity index (χ0) is 25.7. The van der Waals surface area contributed by atoms with E-state index < -0.39 is 22.5 Å². The third-order valence-electron chi connectivity index (χ3n) is 6.75. The summed E-state index contributed by atoms with van der Waals surface area (Å²) in [5.74, 6) is -0.243. The molecule has 1 spiro atoms. The maximum absolute atomic E-state index is 14.1. The van der Waals surface area contributed by atoms with Crippen molar-refractivity contribution in [2.45, 2.75) is 36.2 Å². The molecular formula is C25H22Cl2N4O4S. The van der Waals surface area contributed by atoms with Crippen LogP contribution in [0.15, 0.2) is 42.5 Å². The molecule has 36 heavy (non-hydrogen) atoms. The zero-order valence-corrected chi connectivity index (χ0v) is 21.6. The van der Waals surface area contributed by atoms with E-state index in [1.807, 2.05) is 0 Å². The number of thioether (sulfide) groups is 1. The second-order valence-corrected chi connectivity index (χ2v) is 11.4. The molecule has 0 aliphatic carbocycles. The van der Waals surface area contributed by atoms with Gasteiger partial charge in [0.05, 0.1) is 35.3 Å². The lowest BCUT2D eigenvalue weighted by Crippen LogP contribution is -2.50. The Balaban J connectivity index is 1.52. The highest BCUT2D eigenvalue weighted by Gasteiger charge is 2.67. The molecule has 5 rings (SSSR count). The van der Waals surface area contributed by atoms with Gasteiger partial charge in [-0.2, -0.15) is 5.26 Å². The van der Waals surface area contributed by atoms with E-state index >= 15 is 0 Å². The Hall–Kier alpha value is -2.77. The molecule has 3 heterocycles. The largest absolute Gasteiger partial charge is 0.465 e. The van der Waals surface area contributed by atoms with Crippen LogP contribution in [0.25, 0.3) is 0 Å². The lowest BCUT2D eigenvalue weighted by molar-refractivity contribution is -0.145. The molecular weight excluding hydrogens is 523 g/mol. The number of carbonyl (C=O) groups is 3. The van der Waals surface area contributed by atoms with E-state index in [0.717, 1.165) is 10.5 Å². The maximum atomic E-state index is 14.1. The number of nitrogens with zero attached hydrogens (tertiary/aromatic N) is 3. The third-order valence-corrected chi connectivity index (χ3v) is 8.63. The Labute approximate surface area is 222 Å². The van der Waals surface area contributed by atoms with Gasteiger partial charge in [-0.25, -0.2) is 9.69 Å². The summed E-state index contributed by atoms with van der Waals surface area (Å²) >= 11 is 13.9. The summed E-state index contributed by atoms with van der Waals surface area (Å²) in [6.45, 7) is 2.26. The normalized spacial score (nSPS) is 27.0. The van der Waals surface area contributed by atoms with Crippen LogP contribution >= 0.6 is 35.0 Å². The molecule has 0 bridgehead atoms. The Bertz CT molecular complexity index is 1280. The van der Waals surface area contributed by atoms with Gasteiger partial charge in [0.2, 0.25) is 0 Å². The fourth-order valence-electron chi connectivity index (χ4n) is 5.26. The summed E-state index contributed by atoms with van der Waals surface area (Å²) in [5, 5.41) is 13.1. The molecule has 11 heteroatoms. The predicted octanol–water partition coefficient (Wildman–Crippen LogP) is 3.98. The number of nitrogens with one attached hydrogen (secondary N) is 1. The number of ether oxygens (including phenoxy) is 1. The monoisotopic (exact) mass is 544 g/mol. The van der Waals surface area contributed by atoms with Crippen LogP contribution in [-0.4, -0.2) is 58.2 Å². The highest BCUT2D eigenvalue weighted by molar-refractivity contribution is 8.01. The lowest BCUT2D eigenvalue weighted by Gasteiger charge is -2.29. The van der Waals surface area contributed by atoms with Gasteiger partial charge in [-0.3, -0.25) is 14.9 Å². The zero-order valence-electron chi connectivity index (χ0n) is 19.3. The number of halogens is 2. The van der Waals surface area contributed by atoms with Gasteiger partial charge in [0.15, 0.2) is 0 Å². The van der Waals surface area contributed by atoms with Crippen LogP contribution in [0.1, 0.15) is 24.5 Å². The lowest BCUT2D eigenvalue weighted by atomic mass is 9.86. The molecule has 3 saturated heterocycles. The molecule has 3 aliphatic heterocycles. The molecule has 0 radical (unpaired) electrons. The molecule has 0 unspecified atom stereocenters. The van der Waals surface area contributed by atoms with E-state index in [1.165, 1.54) is 30.0 Å².